The molecule has 2 atom stereocenters. The number of aliphatic carboxylic acids is 1. The number of carbonyl (C=O) groups excluding carboxylic acids is 2. The van der Waals surface area contributed by atoms with E-state index in [1.165, 1.54) is 4.90 Å². The van der Waals surface area contributed by atoms with Crippen molar-refractivity contribution in [2.24, 2.45) is 5.92 Å². The third-order valence-electron chi connectivity index (χ3n) is 5.23. The van der Waals surface area contributed by atoms with Gasteiger partial charge in [0, 0.05) is 25.2 Å². The van der Waals surface area contributed by atoms with E-state index in [4.69, 9.17) is 4.74 Å². The molecule has 0 aromatic heterocycles. The average Bonchev–Trinajstić information content (AvgIpc) is 3.18. The van der Waals surface area contributed by atoms with Crippen molar-refractivity contribution in [1.29, 1.82) is 0 Å². The maximum absolute atomic E-state index is 12.9. The Morgan fingerprint density at radius 1 is 1.28 bits per heavy atom. The van der Waals surface area contributed by atoms with Crippen LogP contribution < -0.4 is 9.64 Å². The van der Waals surface area contributed by atoms with Gasteiger partial charge in [-0.3, -0.25) is 9.59 Å². The van der Waals surface area contributed by atoms with E-state index in [-0.39, 0.29) is 24.8 Å². The van der Waals surface area contributed by atoms with Crippen LogP contribution in [-0.4, -0.2) is 53.5 Å². The summed E-state index contributed by atoms with van der Waals surface area (Å²) in [5.74, 6) is -1.18. The van der Waals surface area contributed by atoms with Gasteiger partial charge in [-0.2, -0.15) is 0 Å². The molecule has 0 bridgehead atoms. The Morgan fingerprint density at radius 2 is 1.96 bits per heavy atom. The Labute approximate surface area is 146 Å². The van der Waals surface area contributed by atoms with Gasteiger partial charge < -0.3 is 19.6 Å². The highest BCUT2D eigenvalue weighted by Crippen LogP contribution is 2.34. The fourth-order valence-electron chi connectivity index (χ4n) is 3.64. The molecule has 0 aliphatic carbocycles. The first-order valence-corrected chi connectivity index (χ1v) is 8.36. The molecule has 1 N–H and O–H groups in total. The van der Waals surface area contributed by atoms with Crippen LogP contribution in [0.25, 0.3) is 0 Å². The molecule has 0 saturated carbocycles. The zero-order chi connectivity index (χ0) is 18.2. The van der Waals surface area contributed by atoms with Gasteiger partial charge in [-0.05, 0) is 44.0 Å². The average molecular weight is 346 g/mol. The van der Waals surface area contributed by atoms with Crippen LogP contribution in [0.2, 0.25) is 0 Å². The minimum Gasteiger partial charge on any atom is -0.497 e. The van der Waals surface area contributed by atoms with Crippen molar-refractivity contribution in [3.8, 4) is 5.75 Å². The third kappa shape index (κ3) is 2.94. The molecule has 2 unspecified atom stereocenters. The monoisotopic (exact) mass is 346 g/mol. The summed E-state index contributed by atoms with van der Waals surface area (Å²) >= 11 is 0. The second kappa shape index (κ2) is 6.38. The van der Waals surface area contributed by atoms with Gasteiger partial charge in [-0.1, -0.05) is 0 Å². The molecule has 2 saturated heterocycles. The molecule has 2 aliphatic rings. The van der Waals surface area contributed by atoms with Crippen LogP contribution >= 0.6 is 0 Å². The summed E-state index contributed by atoms with van der Waals surface area (Å²) in [4.78, 5) is 39.8. The molecule has 0 spiro atoms. The number of anilines is 1. The smallest absolute Gasteiger partial charge is 0.329 e. The number of carbonyl (C=O) groups is 3. The Hall–Kier alpha value is -2.57. The van der Waals surface area contributed by atoms with Crippen molar-refractivity contribution in [3.05, 3.63) is 24.3 Å². The molecular formula is C18H22N2O5. The normalized spacial score (nSPS) is 26.2. The standard InChI is InChI=1S/C18H22N2O5/c1-18(17(23)24)8-3-9-20(18)16(22)12-10-15(21)19(11-12)13-4-6-14(25-2)7-5-13/h4-7,12H,3,8-11H2,1-2H3,(H,23,24). The summed E-state index contributed by atoms with van der Waals surface area (Å²) in [6.07, 6.45) is 1.21. The van der Waals surface area contributed by atoms with E-state index in [1.807, 2.05) is 0 Å². The quantitative estimate of drug-likeness (QED) is 0.893. The third-order valence-corrected chi connectivity index (χ3v) is 5.23. The molecule has 0 radical (unpaired) electrons. The Kier molecular flexibility index (Phi) is 4.41. The number of carboxylic acid groups (broad SMARTS) is 1. The molecule has 1 aromatic carbocycles. The highest BCUT2D eigenvalue weighted by atomic mass is 16.5. The highest BCUT2D eigenvalue weighted by Gasteiger charge is 2.49. The summed E-state index contributed by atoms with van der Waals surface area (Å²) in [6.45, 7) is 2.28. The van der Waals surface area contributed by atoms with Crippen molar-refractivity contribution < 1.29 is 24.2 Å². The molecule has 3 rings (SSSR count). The van der Waals surface area contributed by atoms with Gasteiger partial charge in [0.05, 0.1) is 13.0 Å². The van der Waals surface area contributed by atoms with E-state index in [9.17, 15) is 19.5 Å². The number of carboxylic acids is 1. The number of hydrogen-bond donors (Lipinski definition) is 1. The number of methoxy groups -OCH3 is 1. The zero-order valence-electron chi connectivity index (χ0n) is 14.4. The minimum atomic E-state index is -1.17. The summed E-state index contributed by atoms with van der Waals surface area (Å²) < 4.78 is 5.11. The van der Waals surface area contributed by atoms with Crippen molar-refractivity contribution in [2.45, 2.75) is 31.7 Å². The predicted octanol–water partition coefficient (Wildman–Crippen LogP) is 1.51. The lowest BCUT2D eigenvalue weighted by molar-refractivity contribution is -0.156. The topological polar surface area (TPSA) is 87.2 Å². The maximum atomic E-state index is 12.9. The fourth-order valence-corrected chi connectivity index (χ4v) is 3.64. The van der Waals surface area contributed by atoms with Gasteiger partial charge in [0.25, 0.3) is 0 Å². The summed E-state index contributed by atoms with van der Waals surface area (Å²) in [7, 11) is 1.57. The number of hydrogen-bond acceptors (Lipinski definition) is 4. The molecule has 7 nitrogen and oxygen atoms in total. The number of amides is 2. The molecular weight excluding hydrogens is 324 g/mol. The van der Waals surface area contributed by atoms with Gasteiger partial charge in [0.1, 0.15) is 11.3 Å². The van der Waals surface area contributed by atoms with E-state index in [0.29, 0.717) is 30.8 Å². The Morgan fingerprint density at radius 3 is 2.56 bits per heavy atom. The van der Waals surface area contributed by atoms with E-state index < -0.39 is 17.4 Å². The second-order valence-electron chi connectivity index (χ2n) is 6.78. The van der Waals surface area contributed by atoms with E-state index in [1.54, 1.807) is 43.2 Å². The van der Waals surface area contributed by atoms with Gasteiger partial charge >= 0.3 is 5.97 Å². The van der Waals surface area contributed by atoms with Gasteiger partial charge in [-0.25, -0.2) is 4.79 Å². The predicted molar refractivity (Wildman–Crippen MR) is 90.4 cm³/mol. The lowest BCUT2D eigenvalue weighted by Crippen LogP contribution is -2.52. The van der Waals surface area contributed by atoms with Crippen LogP contribution in [0.5, 0.6) is 5.75 Å². The maximum Gasteiger partial charge on any atom is 0.329 e. The number of likely N-dealkylation sites (tertiary alicyclic amines) is 1. The van der Waals surface area contributed by atoms with Crippen molar-refractivity contribution >= 4 is 23.5 Å². The van der Waals surface area contributed by atoms with E-state index in [0.717, 1.165) is 0 Å². The summed E-state index contributed by atoms with van der Waals surface area (Å²) in [5, 5.41) is 9.48. The van der Waals surface area contributed by atoms with Crippen LogP contribution in [0.3, 0.4) is 0 Å². The SMILES string of the molecule is COc1ccc(N2CC(C(=O)N3CCCC3(C)C(=O)O)CC2=O)cc1. The van der Waals surface area contributed by atoms with Crippen LogP contribution in [0.4, 0.5) is 5.69 Å². The largest absolute Gasteiger partial charge is 0.497 e. The number of ether oxygens (including phenoxy) is 1. The van der Waals surface area contributed by atoms with Crippen LogP contribution in [-0.2, 0) is 14.4 Å². The lowest BCUT2D eigenvalue weighted by Gasteiger charge is -2.33. The number of benzene rings is 1. The van der Waals surface area contributed by atoms with Crippen LogP contribution in [0.1, 0.15) is 26.2 Å². The number of rotatable bonds is 4. The summed E-state index contributed by atoms with van der Waals surface area (Å²) in [5.41, 5.74) is -0.461. The van der Waals surface area contributed by atoms with Gasteiger partial charge in [0.2, 0.25) is 11.8 Å². The second-order valence-corrected chi connectivity index (χ2v) is 6.78. The molecule has 7 heteroatoms. The first-order valence-electron chi connectivity index (χ1n) is 8.36. The fraction of sp³-hybridized carbons (Fsp3) is 0.500. The van der Waals surface area contributed by atoms with Crippen LogP contribution in [0.15, 0.2) is 24.3 Å². The Balaban J connectivity index is 1.75. The first kappa shape index (κ1) is 17.3. The van der Waals surface area contributed by atoms with Gasteiger partial charge in [0.15, 0.2) is 0 Å². The molecule has 2 aliphatic heterocycles. The minimum absolute atomic E-state index is 0.108. The lowest BCUT2D eigenvalue weighted by atomic mass is 9.97. The van der Waals surface area contributed by atoms with Crippen molar-refractivity contribution in [2.75, 3.05) is 25.1 Å². The Bertz CT molecular complexity index is 702. The van der Waals surface area contributed by atoms with Crippen molar-refractivity contribution in [3.63, 3.8) is 0 Å². The molecule has 1 aromatic rings. The molecule has 2 amide bonds. The molecule has 134 valence electrons. The van der Waals surface area contributed by atoms with Crippen molar-refractivity contribution in [1.82, 2.24) is 4.90 Å². The first-order chi connectivity index (χ1) is 11.9. The van der Waals surface area contributed by atoms with Crippen LogP contribution in [0, 0.1) is 5.92 Å². The zero-order valence-corrected chi connectivity index (χ0v) is 14.4. The molecule has 2 heterocycles. The highest BCUT2D eigenvalue weighted by molar-refractivity contribution is 6.01. The molecule has 2 fully saturated rings. The van der Waals surface area contributed by atoms with E-state index >= 15 is 0 Å². The number of nitrogens with zero attached hydrogens (tertiary/aromatic N) is 2. The van der Waals surface area contributed by atoms with E-state index in [2.05, 4.69) is 0 Å². The summed E-state index contributed by atoms with van der Waals surface area (Å²) in [6, 6.07) is 7.08. The van der Waals surface area contributed by atoms with Gasteiger partial charge in [-0.15, -0.1) is 0 Å². The molecule has 25 heavy (non-hydrogen) atoms.